The molecule has 1 aromatic rings. The van der Waals surface area contributed by atoms with Gasteiger partial charge >= 0.3 is 0 Å². The van der Waals surface area contributed by atoms with E-state index in [1.165, 1.54) is 31.2 Å². The van der Waals surface area contributed by atoms with Gasteiger partial charge in [0.2, 0.25) is 5.91 Å². The summed E-state index contributed by atoms with van der Waals surface area (Å²) in [6.45, 7) is 3.13. The van der Waals surface area contributed by atoms with Crippen LogP contribution in [0.3, 0.4) is 0 Å². The Morgan fingerprint density at radius 3 is 2.73 bits per heavy atom. The van der Waals surface area contributed by atoms with E-state index in [2.05, 4.69) is 41.4 Å². The topological polar surface area (TPSA) is 32.3 Å². The van der Waals surface area contributed by atoms with Gasteiger partial charge < -0.3 is 10.2 Å². The lowest BCUT2D eigenvalue weighted by Gasteiger charge is -2.35. The molecule has 1 amide bonds. The lowest BCUT2D eigenvalue weighted by Crippen LogP contribution is -2.43. The average molecular weight is 298 g/mol. The number of anilines is 1. The number of carbonyl (C=O) groups excluding carboxylic acids is 1. The van der Waals surface area contributed by atoms with Gasteiger partial charge in [0.05, 0.1) is 0 Å². The maximum Gasteiger partial charge on any atom is 0.227 e. The smallest absolute Gasteiger partial charge is 0.227 e. The molecule has 0 aromatic heterocycles. The molecule has 0 saturated carbocycles. The number of nitrogens with zero attached hydrogens (tertiary/aromatic N) is 1. The summed E-state index contributed by atoms with van der Waals surface area (Å²) in [4.78, 5) is 15.0. The second-order valence-electron chi connectivity index (χ2n) is 7.62. The van der Waals surface area contributed by atoms with Crippen LogP contribution < -0.4 is 10.2 Å². The Hall–Kier alpha value is -1.35. The predicted octanol–water partition coefficient (Wildman–Crippen LogP) is 3.13. The number of piperidine rings is 1. The van der Waals surface area contributed by atoms with Crippen molar-refractivity contribution < 1.29 is 4.79 Å². The molecule has 0 spiro atoms. The molecule has 1 N–H and O–H groups in total. The van der Waals surface area contributed by atoms with Crippen LogP contribution in [0.4, 0.5) is 5.69 Å². The average Bonchev–Trinajstić information content (AvgIpc) is 2.85. The molecule has 2 saturated heterocycles. The Bertz CT molecular complexity index is 558. The Morgan fingerprint density at radius 1 is 1.23 bits per heavy atom. The highest BCUT2D eigenvalue weighted by Crippen LogP contribution is 2.35. The van der Waals surface area contributed by atoms with Crippen LogP contribution in [0.5, 0.6) is 0 Å². The van der Waals surface area contributed by atoms with Crippen molar-refractivity contribution in [3.8, 4) is 0 Å². The first-order valence-corrected chi connectivity index (χ1v) is 8.83. The van der Waals surface area contributed by atoms with Gasteiger partial charge in [-0.2, -0.15) is 0 Å². The minimum Gasteiger partial charge on any atom is -0.312 e. The number of benzene rings is 1. The first-order valence-electron chi connectivity index (χ1n) is 8.83. The molecule has 1 aromatic carbocycles. The normalized spacial score (nSPS) is 33.6. The fraction of sp³-hybridized carbons (Fsp3) is 0.632. The summed E-state index contributed by atoms with van der Waals surface area (Å²) >= 11 is 0. The van der Waals surface area contributed by atoms with Crippen molar-refractivity contribution >= 4 is 11.6 Å². The predicted molar refractivity (Wildman–Crippen MR) is 88.9 cm³/mol. The van der Waals surface area contributed by atoms with Crippen LogP contribution in [0.1, 0.15) is 44.6 Å². The second kappa shape index (κ2) is 5.69. The molecule has 3 atom stereocenters. The van der Waals surface area contributed by atoms with Crippen molar-refractivity contribution in [2.75, 3.05) is 11.4 Å². The van der Waals surface area contributed by atoms with Crippen LogP contribution in [0, 0.1) is 11.8 Å². The van der Waals surface area contributed by atoms with E-state index < -0.39 is 0 Å². The number of fused-ring (bicyclic) bond motifs is 3. The molecule has 2 fully saturated rings. The van der Waals surface area contributed by atoms with E-state index in [0.717, 1.165) is 25.1 Å². The van der Waals surface area contributed by atoms with Gasteiger partial charge in [-0.1, -0.05) is 25.1 Å². The van der Waals surface area contributed by atoms with E-state index in [9.17, 15) is 4.79 Å². The van der Waals surface area contributed by atoms with Gasteiger partial charge in [-0.15, -0.1) is 0 Å². The summed E-state index contributed by atoms with van der Waals surface area (Å²) in [5, 5.41) is 3.67. The van der Waals surface area contributed by atoms with E-state index in [1.807, 2.05) is 0 Å². The van der Waals surface area contributed by atoms with E-state index in [1.54, 1.807) is 0 Å². The Morgan fingerprint density at radius 2 is 1.95 bits per heavy atom. The summed E-state index contributed by atoms with van der Waals surface area (Å²) in [6.07, 6.45) is 6.81. The number of nitrogens with one attached hydrogen (secondary N) is 1. The fourth-order valence-electron chi connectivity index (χ4n) is 4.73. The van der Waals surface area contributed by atoms with Gasteiger partial charge in [0.25, 0.3) is 0 Å². The molecule has 3 heterocycles. The summed E-state index contributed by atoms with van der Waals surface area (Å²) in [5.41, 5.74) is 2.49. The SMILES string of the molecule is CC1Cc2ccccc2N(C(=O)CC2CC3CCC(C2)N3)C1. The van der Waals surface area contributed by atoms with Crippen LogP contribution in [0.15, 0.2) is 24.3 Å². The van der Waals surface area contributed by atoms with Crippen molar-refractivity contribution in [3.63, 3.8) is 0 Å². The molecule has 0 aliphatic carbocycles. The number of amides is 1. The maximum atomic E-state index is 12.9. The summed E-state index contributed by atoms with van der Waals surface area (Å²) < 4.78 is 0. The van der Waals surface area contributed by atoms with Gasteiger partial charge in [-0.25, -0.2) is 0 Å². The highest BCUT2D eigenvalue weighted by Gasteiger charge is 2.35. The monoisotopic (exact) mass is 298 g/mol. The van der Waals surface area contributed by atoms with Crippen molar-refractivity contribution in [3.05, 3.63) is 29.8 Å². The van der Waals surface area contributed by atoms with Gasteiger partial charge in [-0.3, -0.25) is 4.79 Å². The van der Waals surface area contributed by atoms with E-state index in [-0.39, 0.29) is 0 Å². The second-order valence-corrected chi connectivity index (χ2v) is 7.62. The molecule has 3 unspecified atom stereocenters. The quantitative estimate of drug-likeness (QED) is 0.910. The molecule has 118 valence electrons. The van der Waals surface area contributed by atoms with E-state index >= 15 is 0 Å². The minimum absolute atomic E-state index is 0.338. The van der Waals surface area contributed by atoms with Crippen LogP contribution in [-0.2, 0) is 11.2 Å². The fourth-order valence-corrected chi connectivity index (χ4v) is 4.73. The van der Waals surface area contributed by atoms with Crippen molar-refractivity contribution in [2.24, 2.45) is 11.8 Å². The Balaban J connectivity index is 1.48. The standard InChI is InChI=1S/C19H26N2O/c1-13-8-15-4-2-3-5-18(15)21(12-13)19(22)11-14-9-16-6-7-17(10-14)20-16/h2-5,13-14,16-17,20H,6-12H2,1H3. The molecule has 0 radical (unpaired) electrons. The molecular formula is C19H26N2O. The van der Waals surface area contributed by atoms with Crippen LogP contribution in [0.25, 0.3) is 0 Å². The molecule has 4 rings (SSSR count). The van der Waals surface area contributed by atoms with Crippen molar-refractivity contribution in [2.45, 2.75) is 57.5 Å². The lowest BCUT2D eigenvalue weighted by molar-refractivity contribution is -0.120. The van der Waals surface area contributed by atoms with Gasteiger partial charge in [0.1, 0.15) is 0 Å². The van der Waals surface area contributed by atoms with Crippen molar-refractivity contribution in [1.29, 1.82) is 0 Å². The summed E-state index contributed by atoms with van der Waals surface area (Å²) in [7, 11) is 0. The number of para-hydroxylation sites is 1. The molecule has 3 aliphatic heterocycles. The van der Waals surface area contributed by atoms with Crippen LogP contribution in [0.2, 0.25) is 0 Å². The zero-order chi connectivity index (χ0) is 15.1. The summed E-state index contributed by atoms with van der Waals surface area (Å²) in [6, 6.07) is 9.78. The third kappa shape index (κ3) is 2.67. The number of carbonyl (C=O) groups is 1. The maximum absolute atomic E-state index is 12.9. The number of rotatable bonds is 2. The third-order valence-corrected chi connectivity index (χ3v) is 5.68. The van der Waals surface area contributed by atoms with Gasteiger partial charge in [0.15, 0.2) is 0 Å². The van der Waals surface area contributed by atoms with Crippen LogP contribution in [-0.4, -0.2) is 24.5 Å². The highest BCUT2D eigenvalue weighted by molar-refractivity contribution is 5.94. The van der Waals surface area contributed by atoms with E-state index in [0.29, 0.717) is 29.8 Å². The first-order chi connectivity index (χ1) is 10.7. The molecular weight excluding hydrogens is 272 g/mol. The molecule has 2 bridgehead atoms. The van der Waals surface area contributed by atoms with Crippen LogP contribution >= 0.6 is 0 Å². The van der Waals surface area contributed by atoms with Gasteiger partial charge in [-0.05, 0) is 55.6 Å². The highest BCUT2D eigenvalue weighted by atomic mass is 16.2. The third-order valence-electron chi connectivity index (χ3n) is 5.68. The largest absolute Gasteiger partial charge is 0.312 e. The zero-order valence-electron chi connectivity index (χ0n) is 13.4. The molecule has 3 nitrogen and oxygen atoms in total. The Kier molecular flexibility index (Phi) is 3.69. The zero-order valence-corrected chi connectivity index (χ0v) is 13.4. The first kappa shape index (κ1) is 14.3. The molecule has 3 heteroatoms. The Labute approximate surface area is 133 Å². The van der Waals surface area contributed by atoms with Crippen molar-refractivity contribution in [1.82, 2.24) is 5.32 Å². The summed E-state index contributed by atoms with van der Waals surface area (Å²) in [5.74, 6) is 1.48. The molecule has 22 heavy (non-hydrogen) atoms. The number of hydrogen-bond acceptors (Lipinski definition) is 2. The lowest BCUT2D eigenvalue weighted by atomic mass is 9.88. The van der Waals surface area contributed by atoms with Gasteiger partial charge in [0, 0.05) is 30.7 Å². The minimum atomic E-state index is 0.338. The number of hydrogen-bond donors (Lipinski definition) is 1. The van der Waals surface area contributed by atoms with E-state index in [4.69, 9.17) is 0 Å². The molecule has 3 aliphatic rings.